The Morgan fingerprint density at radius 1 is 1.22 bits per heavy atom. The fourth-order valence-electron chi connectivity index (χ4n) is 2.91. The molecule has 1 atom stereocenters. The van der Waals surface area contributed by atoms with Crippen molar-refractivity contribution in [3.63, 3.8) is 0 Å². The fourth-order valence-corrected chi connectivity index (χ4v) is 3.76. The lowest BCUT2D eigenvalue weighted by Gasteiger charge is -2.24. The third-order valence-electron chi connectivity index (χ3n) is 4.60. The Morgan fingerprint density at radius 2 is 2.00 bits per heavy atom. The molecule has 0 aliphatic rings. The minimum absolute atomic E-state index is 0.142. The van der Waals surface area contributed by atoms with Gasteiger partial charge >= 0.3 is 0 Å². The Bertz CT molecular complexity index is 1110. The van der Waals surface area contributed by atoms with Gasteiger partial charge in [-0.1, -0.05) is 18.2 Å². The molecule has 1 aromatic carbocycles. The van der Waals surface area contributed by atoms with Crippen molar-refractivity contribution in [1.82, 2.24) is 19.3 Å². The quantitative estimate of drug-likeness (QED) is 0.526. The minimum atomic E-state index is -0.336. The van der Waals surface area contributed by atoms with Crippen LogP contribution >= 0.6 is 11.3 Å². The van der Waals surface area contributed by atoms with E-state index in [0.717, 1.165) is 5.69 Å². The van der Waals surface area contributed by atoms with E-state index < -0.39 is 0 Å². The molecule has 0 N–H and O–H groups in total. The van der Waals surface area contributed by atoms with Gasteiger partial charge < -0.3 is 4.90 Å². The molecule has 0 radical (unpaired) electrons. The average molecular weight is 380 g/mol. The highest BCUT2D eigenvalue weighted by molar-refractivity contribution is 7.15. The lowest BCUT2D eigenvalue weighted by Crippen LogP contribution is -2.30. The van der Waals surface area contributed by atoms with Crippen molar-refractivity contribution in [3.8, 4) is 11.3 Å². The Morgan fingerprint density at radius 3 is 2.74 bits per heavy atom. The second kappa shape index (κ2) is 6.92. The van der Waals surface area contributed by atoms with Crippen LogP contribution in [-0.4, -0.2) is 32.2 Å². The molecule has 0 aliphatic carbocycles. The zero-order valence-electron chi connectivity index (χ0n) is 14.8. The highest BCUT2D eigenvalue weighted by atomic mass is 32.1. The zero-order chi connectivity index (χ0) is 19.0. The van der Waals surface area contributed by atoms with Crippen LogP contribution in [0.1, 0.15) is 29.1 Å². The number of hydrogen-bond acceptors (Lipinski definition) is 4. The Balaban J connectivity index is 1.67. The average Bonchev–Trinajstić information content (AvgIpc) is 3.28. The monoisotopic (exact) mass is 380 g/mol. The summed E-state index contributed by atoms with van der Waals surface area (Å²) >= 11 is 1.35. The molecular weight excluding hydrogens is 363 g/mol. The number of fused-ring (bicyclic) bond motifs is 1. The predicted octanol–water partition coefficient (Wildman–Crippen LogP) is 4.43. The van der Waals surface area contributed by atoms with Crippen molar-refractivity contribution < 1.29 is 9.18 Å². The van der Waals surface area contributed by atoms with Gasteiger partial charge in [0.1, 0.15) is 11.5 Å². The van der Waals surface area contributed by atoms with Gasteiger partial charge in [-0.3, -0.25) is 14.2 Å². The van der Waals surface area contributed by atoms with Crippen LogP contribution in [0.5, 0.6) is 0 Å². The summed E-state index contributed by atoms with van der Waals surface area (Å²) in [5.74, 6) is -0.478. The molecule has 1 amide bonds. The summed E-state index contributed by atoms with van der Waals surface area (Å²) in [6, 6.07) is 11.9. The molecule has 7 heteroatoms. The van der Waals surface area contributed by atoms with E-state index in [1.54, 1.807) is 52.3 Å². The van der Waals surface area contributed by atoms with Crippen LogP contribution in [-0.2, 0) is 0 Å². The summed E-state index contributed by atoms with van der Waals surface area (Å²) in [5.41, 5.74) is 2.24. The first kappa shape index (κ1) is 17.4. The van der Waals surface area contributed by atoms with E-state index in [2.05, 4.69) is 9.97 Å². The summed E-state index contributed by atoms with van der Waals surface area (Å²) in [4.78, 5) is 24.1. The minimum Gasteiger partial charge on any atom is -0.332 e. The molecule has 3 aromatic heterocycles. The van der Waals surface area contributed by atoms with Gasteiger partial charge in [-0.25, -0.2) is 9.37 Å². The number of hydrogen-bond donors (Lipinski definition) is 0. The van der Waals surface area contributed by atoms with Crippen LogP contribution in [0.3, 0.4) is 0 Å². The molecule has 0 saturated heterocycles. The lowest BCUT2D eigenvalue weighted by molar-refractivity contribution is 0.0733. The van der Waals surface area contributed by atoms with Crippen LogP contribution in [0.2, 0.25) is 0 Å². The van der Waals surface area contributed by atoms with Crippen LogP contribution in [0.15, 0.2) is 60.2 Å². The molecule has 27 heavy (non-hydrogen) atoms. The molecule has 0 bridgehead atoms. The summed E-state index contributed by atoms with van der Waals surface area (Å²) in [6.45, 7) is 1.93. The lowest BCUT2D eigenvalue weighted by atomic mass is 10.1. The maximum absolute atomic E-state index is 14.1. The van der Waals surface area contributed by atoms with Gasteiger partial charge in [0.2, 0.25) is 0 Å². The van der Waals surface area contributed by atoms with E-state index >= 15 is 0 Å². The van der Waals surface area contributed by atoms with Crippen molar-refractivity contribution in [3.05, 3.63) is 77.4 Å². The molecule has 0 fully saturated rings. The number of carbonyl (C=O) groups is 1. The third-order valence-corrected chi connectivity index (χ3v) is 5.44. The van der Waals surface area contributed by atoms with Crippen molar-refractivity contribution in [2.24, 2.45) is 0 Å². The number of nitrogens with zero attached hydrogens (tertiary/aromatic N) is 4. The standard InChI is InChI=1S/C20H17FN4OS/c1-13(16-9-5-6-10-22-16)24(2)19(26)18-12-27-20-23-17(11-25(18)20)14-7-3-4-8-15(14)21/h3-13H,1-2H3. The highest BCUT2D eigenvalue weighted by Gasteiger charge is 2.23. The molecule has 0 spiro atoms. The van der Waals surface area contributed by atoms with Gasteiger partial charge in [0.15, 0.2) is 4.96 Å². The van der Waals surface area contributed by atoms with Crippen molar-refractivity contribution >= 4 is 22.2 Å². The molecule has 3 heterocycles. The van der Waals surface area contributed by atoms with E-state index in [1.807, 2.05) is 25.1 Å². The van der Waals surface area contributed by atoms with E-state index in [4.69, 9.17) is 0 Å². The smallest absolute Gasteiger partial charge is 0.272 e. The van der Waals surface area contributed by atoms with Crippen LogP contribution < -0.4 is 0 Å². The zero-order valence-corrected chi connectivity index (χ0v) is 15.7. The maximum Gasteiger partial charge on any atom is 0.272 e. The number of imidazole rings is 1. The Labute approximate surface area is 159 Å². The summed E-state index contributed by atoms with van der Waals surface area (Å²) in [5, 5.41) is 1.78. The molecule has 0 saturated carbocycles. The summed E-state index contributed by atoms with van der Waals surface area (Å²) in [7, 11) is 1.75. The SMILES string of the molecule is CC(c1ccccn1)N(C)C(=O)c1csc2nc(-c3ccccc3F)cn12. The van der Waals surface area contributed by atoms with E-state index in [-0.39, 0.29) is 17.8 Å². The third kappa shape index (κ3) is 3.10. The van der Waals surface area contributed by atoms with Crippen molar-refractivity contribution in [1.29, 1.82) is 0 Å². The number of benzene rings is 1. The first-order valence-electron chi connectivity index (χ1n) is 8.46. The molecule has 0 aliphatic heterocycles. The molecule has 4 aromatic rings. The molecule has 1 unspecified atom stereocenters. The number of carbonyl (C=O) groups excluding carboxylic acids is 1. The van der Waals surface area contributed by atoms with Gasteiger partial charge in [0, 0.05) is 30.4 Å². The number of pyridine rings is 1. The van der Waals surface area contributed by atoms with Crippen molar-refractivity contribution in [2.75, 3.05) is 7.05 Å². The largest absolute Gasteiger partial charge is 0.332 e. The highest BCUT2D eigenvalue weighted by Crippen LogP contribution is 2.27. The normalized spacial score (nSPS) is 12.3. The van der Waals surface area contributed by atoms with Crippen LogP contribution in [0.4, 0.5) is 4.39 Å². The van der Waals surface area contributed by atoms with Gasteiger partial charge in [-0.15, -0.1) is 11.3 Å². The molecule has 136 valence electrons. The van der Waals surface area contributed by atoms with E-state index in [0.29, 0.717) is 21.9 Å². The summed E-state index contributed by atoms with van der Waals surface area (Å²) in [6.07, 6.45) is 3.42. The molecule has 5 nitrogen and oxygen atoms in total. The summed E-state index contributed by atoms with van der Waals surface area (Å²) < 4.78 is 15.8. The van der Waals surface area contributed by atoms with Gasteiger partial charge in [-0.05, 0) is 31.2 Å². The number of halogens is 1. The van der Waals surface area contributed by atoms with Crippen LogP contribution in [0.25, 0.3) is 16.2 Å². The second-order valence-electron chi connectivity index (χ2n) is 6.23. The Kier molecular flexibility index (Phi) is 4.45. The first-order valence-corrected chi connectivity index (χ1v) is 9.34. The maximum atomic E-state index is 14.1. The second-order valence-corrected chi connectivity index (χ2v) is 7.06. The van der Waals surface area contributed by atoms with E-state index in [1.165, 1.54) is 17.4 Å². The van der Waals surface area contributed by atoms with Gasteiger partial charge in [-0.2, -0.15) is 0 Å². The molecular formula is C20H17FN4OS. The predicted molar refractivity (Wildman–Crippen MR) is 103 cm³/mol. The number of aromatic nitrogens is 3. The van der Waals surface area contributed by atoms with Gasteiger partial charge in [0.05, 0.1) is 17.4 Å². The Hall–Kier alpha value is -3.06. The van der Waals surface area contributed by atoms with Crippen molar-refractivity contribution in [2.45, 2.75) is 13.0 Å². The van der Waals surface area contributed by atoms with E-state index in [9.17, 15) is 9.18 Å². The number of rotatable bonds is 4. The van der Waals surface area contributed by atoms with Crippen LogP contribution in [0, 0.1) is 5.82 Å². The molecule has 4 rings (SSSR count). The number of amides is 1. The fraction of sp³-hybridized carbons (Fsp3) is 0.150. The topological polar surface area (TPSA) is 50.5 Å². The first-order chi connectivity index (χ1) is 13.1. The van der Waals surface area contributed by atoms with Gasteiger partial charge in [0.25, 0.3) is 5.91 Å². The number of thiazole rings is 1.